The van der Waals surface area contributed by atoms with Crippen LogP contribution in [0.4, 0.5) is 17.6 Å². The van der Waals surface area contributed by atoms with Crippen LogP contribution in [0.2, 0.25) is 0 Å². The van der Waals surface area contributed by atoms with Crippen molar-refractivity contribution in [3.63, 3.8) is 0 Å². The van der Waals surface area contributed by atoms with Crippen LogP contribution in [-0.4, -0.2) is 13.0 Å². The fourth-order valence-corrected chi connectivity index (χ4v) is 1.64. The van der Waals surface area contributed by atoms with Gasteiger partial charge in [0.1, 0.15) is 0 Å². The first-order chi connectivity index (χ1) is 7.22. The monoisotopic (exact) mass is 278 g/mol. The van der Waals surface area contributed by atoms with E-state index in [1.165, 1.54) is 0 Å². The van der Waals surface area contributed by atoms with Gasteiger partial charge in [-0.3, -0.25) is 4.55 Å². The molecule has 90 valence electrons. The molecule has 1 rings (SSSR count). The Bertz CT molecular complexity index is 516. The summed E-state index contributed by atoms with van der Waals surface area (Å²) in [6, 6.07) is 0.184. The fourth-order valence-electron chi connectivity index (χ4n) is 0.691. The van der Waals surface area contributed by atoms with Gasteiger partial charge in [-0.2, -0.15) is 12.0 Å². The van der Waals surface area contributed by atoms with Crippen molar-refractivity contribution in [3.8, 4) is 0 Å². The maximum atomic E-state index is 12.9. The minimum absolute atomic E-state index is 0.184. The number of halogens is 4. The average Bonchev–Trinajstić information content (AvgIpc) is 2.17. The van der Waals surface area contributed by atoms with Gasteiger partial charge in [0.15, 0.2) is 23.3 Å². The van der Waals surface area contributed by atoms with Crippen molar-refractivity contribution in [1.29, 1.82) is 0 Å². The SMILES string of the molecule is O=S(=O)(O)OSc1cc(F)c(F)c(F)c1F. The van der Waals surface area contributed by atoms with Crippen molar-refractivity contribution in [1.82, 2.24) is 0 Å². The summed E-state index contributed by atoms with van der Waals surface area (Å²) >= 11 is -0.369. The highest BCUT2D eigenvalue weighted by Crippen LogP contribution is 2.28. The van der Waals surface area contributed by atoms with Crippen LogP contribution in [0.15, 0.2) is 11.0 Å². The minimum atomic E-state index is -4.92. The maximum Gasteiger partial charge on any atom is 0.408 e. The van der Waals surface area contributed by atoms with Gasteiger partial charge >= 0.3 is 10.4 Å². The number of hydrogen-bond acceptors (Lipinski definition) is 4. The lowest BCUT2D eigenvalue weighted by atomic mass is 10.3. The second kappa shape index (κ2) is 4.57. The zero-order valence-corrected chi connectivity index (χ0v) is 8.71. The highest BCUT2D eigenvalue weighted by atomic mass is 32.3. The van der Waals surface area contributed by atoms with E-state index in [2.05, 4.69) is 3.63 Å². The summed E-state index contributed by atoms with van der Waals surface area (Å²) in [5.74, 6) is -7.69. The zero-order valence-electron chi connectivity index (χ0n) is 7.08. The Balaban J connectivity index is 3.07. The van der Waals surface area contributed by atoms with Crippen LogP contribution in [0.3, 0.4) is 0 Å². The van der Waals surface area contributed by atoms with Crippen LogP contribution in [-0.2, 0) is 14.0 Å². The van der Waals surface area contributed by atoms with E-state index in [0.29, 0.717) is 0 Å². The van der Waals surface area contributed by atoms with Crippen LogP contribution < -0.4 is 0 Å². The largest absolute Gasteiger partial charge is 0.408 e. The van der Waals surface area contributed by atoms with Crippen LogP contribution in [0.5, 0.6) is 0 Å². The van der Waals surface area contributed by atoms with Gasteiger partial charge in [-0.1, -0.05) is 0 Å². The highest BCUT2D eigenvalue weighted by Gasteiger charge is 2.21. The fraction of sp³-hybridized carbons (Fsp3) is 0. The molecule has 1 aromatic rings. The minimum Gasteiger partial charge on any atom is -0.263 e. The Hall–Kier alpha value is -0.840. The normalized spacial score (nSPS) is 11.8. The maximum absolute atomic E-state index is 12.9. The Morgan fingerprint density at radius 1 is 1.12 bits per heavy atom. The van der Waals surface area contributed by atoms with E-state index < -0.39 is 38.6 Å². The van der Waals surface area contributed by atoms with Crippen molar-refractivity contribution >= 4 is 22.4 Å². The molecule has 0 spiro atoms. The van der Waals surface area contributed by atoms with Gasteiger partial charge in [-0.25, -0.2) is 17.6 Å². The molecule has 0 aliphatic rings. The first-order valence-corrected chi connectivity index (χ1v) is 5.49. The lowest BCUT2D eigenvalue weighted by Crippen LogP contribution is -2.01. The Labute approximate surface area is 91.4 Å². The number of hydrogen-bond donors (Lipinski definition) is 1. The summed E-state index contributed by atoms with van der Waals surface area (Å²) in [6.45, 7) is 0. The second-order valence-corrected chi connectivity index (χ2v) is 4.38. The molecule has 0 amide bonds. The van der Waals surface area contributed by atoms with Crippen molar-refractivity contribution in [2.45, 2.75) is 4.90 Å². The van der Waals surface area contributed by atoms with E-state index in [4.69, 9.17) is 4.55 Å². The van der Waals surface area contributed by atoms with Crippen molar-refractivity contribution < 1.29 is 34.2 Å². The molecule has 0 atom stereocenters. The van der Waals surface area contributed by atoms with E-state index in [1.54, 1.807) is 0 Å². The third-order valence-corrected chi connectivity index (χ3v) is 2.72. The predicted octanol–water partition coefficient (Wildman–Crippen LogP) is 2.07. The van der Waals surface area contributed by atoms with Gasteiger partial charge in [-0.05, 0) is 6.07 Å². The molecule has 0 bridgehead atoms. The van der Waals surface area contributed by atoms with E-state index in [9.17, 15) is 26.0 Å². The Morgan fingerprint density at radius 3 is 2.19 bits per heavy atom. The van der Waals surface area contributed by atoms with Crippen LogP contribution in [0, 0.1) is 23.3 Å². The molecular formula is C6H2F4O4S2. The molecule has 0 saturated carbocycles. The zero-order chi connectivity index (χ0) is 12.5. The second-order valence-electron chi connectivity index (χ2n) is 2.38. The lowest BCUT2D eigenvalue weighted by molar-refractivity contribution is 0.393. The molecule has 4 nitrogen and oxygen atoms in total. The number of rotatable bonds is 3. The summed E-state index contributed by atoms with van der Waals surface area (Å²) in [5.41, 5.74) is 0. The van der Waals surface area contributed by atoms with Gasteiger partial charge in [0, 0.05) is 0 Å². The van der Waals surface area contributed by atoms with E-state index >= 15 is 0 Å². The summed E-state index contributed by atoms with van der Waals surface area (Å²) in [6.07, 6.45) is 0. The predicted molar refractivity (Wildman–Crippen MR) is 44.8 cm³/mol. The Kier molecular flexibility index (Phi) is 3.78. The van der Waals surface area contributed by atoms with E-state index in [-0.39, 0.29) is 18.1 Å². The smallest absolute Gasteiger partial charge is 0.263 e. The van der Waals surface area contributed by atoms with Crippen LogP contribution >= 0.6 is 12.0 Å². The highest BCUT2D eigenvalue weighted by molar-refractivity contribution is 8.02. The van der Waals surface area contributed by atoms with Gasteiger partial charge in [-0.15, -0.1) is 0 Å². The summed E-state index contributed by atoms with van der Waals surface area (Å²) in [7, 11) is -4.92. The molecule has 0 aliphatic heterocycles. The number of benzene rings is 1. The first kappa shape index (κ1) is 13.2. The molecule has 0 unspecified atom stereocenters. The van der Waals surface area contributed by atoms with E-state index in [0.717, 1.165) is 0 Å². The summed E-state index contributed by atoms with van der Waals surface area (Å²) in [4.78, 5) is -0.964. The molecule has 0 saturated heterocycles. The van der Waals surface area contributed by atoms with Crippen molar-refractivity contribution in [2.75, 3.05) is 0 Å². The quantitative estimate of drug-likeness (QED) is 0.301. The molecule has 0 aliphatic carbocycles. The molecule has 10 heteroatoms. The topological polar surface area (TPSA) is 63.6 Å². The third-order valence-electron chi connectivity index (χ3n) is 1.28. The molecule has 0 aromatic heterocycles. The molecule has 0 radical (unpaired) electrons. The molecular weight excluding hydrogens is 276 g/mol. The molecule has 0 fully saturated rings. The molecule has 1 N–H and O–H groups in total. The first-order valence-electron chi connectivity index (χ1n) is 3.39. The summed E-state index contributed by atoms with van der Waals surface area (Å²) < 4.78 is 82.3. The Morgan fingerprint density at radius 2 is 1.69 bits per heavy atom. The summed E-state index contributed by atoms with van der Waals surface area (Å²) in [5, 5.41) is 0. The van der Waals surface area contributed by atoms with Crippen molar-refractivity contribution in [3.05, 3.63) is 29.3 Å². The van der Waals surface area contributed by atoms with E-state index in [1.807, 2.05) is 0 Å². The van der Waals surface area contributed by atoms with Crippen LogP contribution in [0.1, 0.15) is 0 Å². The van der Waals surface area contributed by atoms with Gasteiger partial charge in [0.05, 0.1) is 16.9 Å². The van der Waals surface area contributed by atoms with Crippen LogP contribution in [0.25, 0.3) is 0 Å². The standard InChI is InChI=1S/C6H2F4O4S2/c7-2-1-3(15-14-16(11,12)13)5(9)6(10)4(2)8/h1H,(H,11,12,13). The van der Waals surface area contributed by atoms with Gasteiger partial charge in [0.25, 0.3) is 0 Å². The van der Waals surface area contributed by atoms with Gasteiger partial charge < -0.3 is 0 Å². The molecule has 16 heavy (non-hydrogen) atoms. The molecule has 0 heterocycles. The lowest BCUT2D eigenvalue weighted by Gasteiger charge is -2.03. The van der Waals surface area contributed by atoms with Gasteiger partial charge in [0.2, 0.25) is 0 Å². The molecule has 1 aromatic carbocycles. The van der Waals surface area contributed by atoms with Crippen molar-refractivity contribution in [2.24, 2.45) is 0 Å². The third kappa shape index (κ3) is 3.07. The average molecular weight is 278 g/mol.